The van der Waals surface area contributed by atoms with Crippen molar-refractivity contribution < 1.29 is 9.18 Å². The molecular weight excluding hydrogens is 355 g/mol. The molecule has 26 heavy (non-hydrogen) atoms. The van der Waals surface area contributed by atoms with Gasteiger partial charge >= 0.3 is 0 Å². The maximum absolute atomic E-state index is 13.2. The molecule has 3 heterocycles. The lowest BCUT2D eigenvalue weighted by Gasteiger charge is -2.34. The zero-order valence-corrected chi connectivity index (χ0v) is 14.9. The van der Waals surface area contributed by atoms with Crippen molar-refractivity contribution in [3.63, 3.8) is 0 Å². The van der Waals surface area contributed by atoms with E-state index in [0.717, 1.165) is 30.8 Å². The molecule has 0 radical (unpaired) electrons. The van der Waals surface area contributed by atoms with Gasteiger partial charge in [0.15, 0.2) is 0 Å². The molecule has 0 aliphatic carbocycles. The molecule has 1 aliphatic heterocycles. The molecule has 1 amide bonds. The summed E-state index contributed by atoms with van der Waals surface area (Å²) in [4.78, 5) is 16.6. The number of amides is 1. The average molecular weight is 373 g/mol. The van der Waals surface area contributed by atoms with E-state index in [2.05, 4.69) is 16.1 Å². The molecule has 1 fully saturated rings. The Hall–Kier alpha value is -2.44. The molecule has 0 bridgehead atoms. The summed E-state index contributed by atoms with van der Waals surface area (Å²) in [6.45, 7) is 3.50. The molecule has 1 aromatic carbocycles. The first kappa shape index (κ1) is 17.0. The number of fused-ring (bicyclic) bond motifs is 1. The maximum atomic E-state index is 13.2. The molecular formula is C19H18ClFN4O. The van der Waals surface area contributed by atoms with Gasteiger partial charge in [-0.2, -0.15) is 5.10 Å². The van der Waals surface area contributed by atoms with Gasteiger partial charge in [-0.15, -0.1) is 0 Å². The monoisotopic (exact) mass is 372 g/mol. The Morgan fingerprint density at radius 1 is 1.12 bits per heavy atom. The van der Waals surface area contributed by atoms with Crippen molar-refractivity contribution in [3.8, 4) is 0 Å². The van der Waals surface area contributed by atoms with E-state index >= 15 is 0 Å². The van der Waals surface area contributed by atoms with Crippen LogP contribution in [0.3, 0.4) is 0 Å². The molecule has 2 aromatic heterocycles. The predicted octanol–water partition coefficient (Wildman–Crippen LogP) is 3.08. The van der Waals surface area contributed by atoms with Crippen LogP contribution in [0.5, 0.6) is 0 Å². The number of nitrogens with zero attached hydrogens (tertiary/aromatic N) is 4. The largest absolute Gasteiger partial charge is 0.336 e. The topological polar surface area (TPSA) is 40.9 Å². The van der Waals surface area contributed by atoms with Crippen LogP contribution < -0.4 is 0 Å². The fourth-order valence-electron chi connectivity index (χ4n) is 3.24. The Balaban J connectivity index is 1.38. The van der Waals surface area contributed by atoms with Crippen molar-refractivity contribution in [2.24, 2.45) is 0 Å². The number of carbonyl (C=O) groups excluding carboxylic acids is 1. The molecule has 1 saturated heterocycles. The summed E-state index contributed by atoms with van der Waals surface area (Å²) in [5, 5.41) is 4.72. The van der Waals surface area contributed by atoms with Crippen LogP contribution >= 0.6 is 11.6 Å². The van der Waals surface area contributed by atoms with E-state index in [1.807, 2.05) is 28.9 Å². The molecule has 0 saturated carbocycles. The van der Waals surface area contributed by atoms with Crippen LogP contribution in [-0.4, -0.2) is 51.5 Å². The highest BCUT2D eigenvalue weighted by atomic mass is 35.5. The fraction of sp³-hybridized carbons (Fsp3) is 0.263. The van der Waals surface area contributed by atoms with Gasteiger partial charge < -0.3 is 4.90 Å². The van der Waals surface area contributed by atoms with Crippen LogP contribution in [0, 0.1) is 5.82 Å². The molecule has 0 atom stereocenters. The van der Waals surface area contributed by atoms with Gasteiger partial charge in [0.05, 0.1) is 21.8 Å². The third kappa shape index (κ3) is 3.43. The van der Waals surface area contributed by atoms with E-state index in [4.69, 9.17) is 11.6 Å². The van der Waals surface area contributed by atoms with E-state index in [9.17, 15) is 9.18 Å². The number of carbonyl (C=O) groups is 1. The fourth-order valence-corrected chi connectivity index (χ4v) is 3.49. The number of hydrogen-bond acceptors (Lipinski definition) is 3. The van der Waals surface area contributed by atoms with Crippen LogP contribution in [0.4, 0.5) is 4.39 Å². The molecule has 134 valence electrons. The zero-order valence-electron chi connectivity index (χ0n) is 14.1. The van der Waals surface area contributed by atoms with Gasteiger partial charge in [0.25, 0.3) is 5.91 Å². The normalized spacial score (nSPS) is 15.5. The molecule has 0 spiro atoms. The van der Waals surface area contributed by atoms with Crippen LogP contribution in [-0.2, 0) is 6.54 Å². The Kier molecular flexibility index (Phi) is 4.61. The second kappa shape index (κ2) is 7.05. The van der Waals surface area contributed by atoms with Crippen molar-refractivity contribution >= 4 is 23.0 Å². The minimum atomic E-state index is -0.441. The average Bonchev–Trinajstić information content (AvgIpc) is 3.04. The van der Waals surface area contributed by atoms with Crippen LogP contribution in [0.25, 0.3) is 5.52 Å². The van der Waals surface area contributed by atoms with Crippen LogP contribution in [0.15, 0.2) is 48.7 Å². The molecule has 7 heteroatoms. The summed E-state index contributed by atoms with van der Waals surface area (Å²) >= 11 is 6.01. The van der Waals surface area contributed by atoms with E-state index in [0.29, 0.717) is 18.7 Å². The van der Waals surface area contributed by atoms with Gasteiger partial charge in [0.1, 0.15) is 5.82 Å². The lowest BCUT2D eigenvalue weighted by atomic mass is 10.1. The first-order chi connectivity index (χ1) is 12.6. The molecule has 0 N–H and O–H groups in total. The van der Waals surface area contributed by atoms with Crippen molar-refractivity contribution in [3.05, 3.63) is 70.8 Å². The smallest absolute Gasteiger partial charge is 0.255 e. The van der Waals surface area contributed by atoms with E-state index < -0.39 is 5.82 Å². The van der Waals surface area contributed by atoms with Crippen molar-refractivity contribution in [2.75, 3.05) is 26.2 Å². The van der Waals surface area contributed by atoms with E-state index in [-0.39, 0.29) is 10.9 Å². The third-order valence-corrected chi connectivity index (χ3v) is 4.94. The number of aromatic nitrogens is 2. The number of halogens is 2. The summed E-state index contributed by atoms with van der Waals surface area (Å²) in [6, 6.07) is 11.9. The van der Waals surface area contributed by atoms with Gasteiger partial charge in [-0.05, 0) is 36.4 Å². The Morgan fingerprint density at radius 3 is 2.65 bits per heavy atom. The van der Waals surface area contributed by atoms with Crippen LogP contribution in [0.1, 0.15) is 16.1 Å². The third-order valence-electron chi connectivity index (χ3n) is 4.63. The molecule has 1 aliphatic rings. The highest BCUT2D eigenvalue weighted by molar-refractivity contribution is 6.33. The summed E-state index contributed by atoms with van der Waals surface area (Å²) in [5.74, 6) is -0.591. The zero-order chi connectivity index (χ0) is 18.1. The number of pyridine rings is 1. The number of rotatable bonds is 3. The minimum absolute atomic E-state index is 0.151. The van der Waals surface area contributed by atoms with Gasteiger partial charge in [0, 0.05) is 38.9 Å². The highest BCUT2D eigenvalue weighted by Gasteiger charge is 2.24. The van der Waals surface area contributed by atoms with Gasteiger partial charge in [0.2, 0.25) is 0 Å². The quantitative estimate of drug-likeness (QED) is 0.709. The van der Waals surface area contributed by atoms with Crippen LogP contribution in [0.2, 0.25) is 5.02 Å². The molecule has 5 nitrogen and oxygen atoms in total. The lowest BCUT2D eigenvalue weighted by Crippen LogP contribution is -2.48. The first-order valence-electron chi connectivity index (χ1n) is 8.50. The summed E-state index contributed by atoms with van der Waals surface area (Å²) in [5.41, 5.74) is 2.43. The first-order valence-corrected chi connectivity index (χ1v) is 8.88. The Morgan fingerprint density at radius 2 is 1.92 bits per heavy atom. The molecule has 3 aromatic rings. The van der Waals surface area contributed by atoms with E-state index in [1.54, 1.807) is 4.90 Å². The Bertz CT molecular complexity index is 917. The highest BCUT2D eigenvalue weighted by Crippen LogP contribution is 2.20. The van der Waals surface area contributed by atoms with Crippen molar-refractivity contribution in [1.29, 1.82) is 0 Å². The van der Waals surface area contributed by atoms with Gasteiger partial charge in [-0.25, -0.2) is 8.91 Å². The Labute approximate surface area is 155 Å². The van der Waals surface area contributed by atoms with E-state index in [1.165, 1.54) is 18.2 Å². The maximum Gasteiger partial charge on any atom is 0.255 e. The summed E-state index contributed by atoms with van der Waals surface area (Å²) in [6.07, 6.45) is 1.93. The SMILES string of the molecule is O=C(c1ccc(F)cc1Cl)N1CCN(Cc2cc3ccccn3n2)CC1. The van der Waals surface area contributed by atoms with Crippen molar-refractivity contribution in [2.45, 2.75) is 6.54 Å². The second-order valence-corrected chi connectivity index (χ2v) is 6.81. The van der Waals surface area contributed by atoms with Gasteiger partial charge in [-0.1, -0.05) is 17.7 Å². The molecule has 4 rings (SSSR count). The van der Waals surface area contributed by atoms with Crippen molar-refractivity contribution in [1.82, 2.24) is 19.4 Å². The number of benzene rings is 1. The predicted molar refractivity (Wildman–Crippen MR) is 97.8 cm³/mol. The standard InChI is InChI=1S/C19H18ClFN4O/c20-18-11-14(21)4-5-17(18)19(26)24-9-7-23(8-10-24)13-15-12-16-3-1-2-6-25(16)22-15/h1-6,11-12H,7-10,13H2. The summed E-state index contributed by atoms with van der Waals surface area (Å²) < 4.78 is 15.0. The minimum Gasteiger partial charge on any atom is -0.336 e. The summed E-state index contributed by atoms with van der Waals surface area (Å²) in [7, 11) is 0. The lowest BCUT2D eigenvalue weighted by molar-refractivity contribution is 0.0627. The number of piperazine rings is 1. The molecule has 0 unspecified atom stereocenters. The number of hydrogen-bond donors (Lipinski definition) is 0. The second-order valence-electron chi connectivity index (χ2n) is 6.40. The van der Waals surface area contributed by atoms with Gasteiger partial charge in [-0.3, -0.25) is 9.69 Å².